The van der Waals surface area contributed by atoms with Crippen LogP contribution in [0, 0.1) is 17.2 Å². The average molecular weight is 258 g/mol. The van der Waals surface area contributed by atoms with Crippen molar-refractivity contribution >= 4 is 0 Å². The van der Waals surface area contributed by atoms with Crippen molar-refractivity contribution in [1.29, 1.82) is 5.26 Å². The summed E-state index contributed by atoms with van der Waals surface area (Å²) in [5.41, 5.74) is 2.70. The smallest absolute Gasteiger partial charge is 0.122 e. The molecule has 0 saturated carbocycles. The minimum atomic E-state index is 0.151. The van der Waals surface area contributed by atoms with Crippen LogP contribution >= 0.6 is 0 Å². The molecule has 1 unspecified atom stereocenters. The molecule has 19 heavy (non-hydrogen) atoms. The number of fused-ring (bicyclic) bond motifs is 1. The maximum atomic E-state index is 8.98. The summed E-state index contributed by atoms with van der Waals surface area (Å²) in [6.45, 7) is 4.75. The maximum absolute atomic E-state index is 8.98. The van der Waals surface area contributed by atoms with Crippen LogP contribution in [0.15, 0.2) is 18.2 Å². The molecule has 1 aliphatic heterocycles. The Labute approximate surface area is 115 Å². The van der Waals surface area contributed by atoms with Crippen molar-refractivity contribution in [2.45, 2.75) is 26.2 Å². The van der Waals surface area contributed by atoms with Gasteiger partial charge in [0.2, 0.25) is 0 Å². The highest BCUT2D eigenvalue weighted by Gasteiger charge is 2.13. The average Bonchev–Trinajstić information content (AvgIpc) is 2.89. The first-order valence-corrected chi connectivity index (χ1v) is 7.05. The predicted octanol–water partition coefficient (Wildman–Crippen LogP) is 2.65. The van der Waals surface area contributed by atoms with Gasteiger partial charge in [-0.15, -0.1) is 0 Å². The number of benzene rings is 1. The fourth-order valence-electron chi connectivity index (χ4n) is 2.44. The third-order valence-electron chi connectivity index (χ3n) is 3.74. The van der Waals surface area contributed by atoms with E-state index in [1.807, 2.05) is 0 Å². The summed E-state index contributed by atoms with van der Waals surface area (Å²) >= 11 is 0. The monoisotopic (exact) mass is 258 g/mol. The van der Waals surface area contributed by atoms with E-state index < -0.39 is 0 Å². The van der Waals surface area contributed by atoms with Gasteiger partial charge in [0.1, 0.15) is 5.75 Å². The van der Waals surface area contributed by atoms with Gasteiger partial charge in [-0.1, -0.05) is 19.1 Å². The number of hydrogen-bond acceptors (Lipinski definition) is 3. The SMILES string of the molecule is CCC(C#N)CN(C)CCc1ccc2c(c1)CCO2. The lowest BCUT2D eigenvalue weighted by molar-refractivity contribution is 0.303. The predicted molar refractivity (Wildman–Crippen MR) is 76.2 cm³/mol. The molecule has 0 radical (unpaired) electrons. The molecule has 0 aliphatic carbocycles. The Hall–Kier alpha value is -1.53. The summed E-state index contributed by atoms with van der Waals surface area (Å²) in [6.07, 6.45) is 2.99. The van der Waals surface area contributed by atoms with Crippen LogP contribution in [0.1, 0.15) is 24.5 Å². The first-order chi connectivity index (χ1) is 9.22. The minimum Gasteiger partial charge on any atom is -0.493 e. The fourth-order valence-corrected chi connectivity index (χ4v) is 2.44. The Morgan fingerprint density at radius 3 is 3.05 bits per heavy atom. The third kappa shape index (κ3) is 3.71. The lowest BCUT2D eigenvalue weighted by Gasteiger charge is -2.19. The maximum Gasteiger partial charge on any atom is 0.122 e. The van der Waals surface area contributed by atoms with Crippen LogP contribution in [-0.2, 0) is 12.8 Å². The molecule has 102 valence electrons. The first-order valence-electron chi connectivity index (χ1n) is 7.05. The summed E-state index contributed by atoms with van der Waals surface area (Å²) in [5, 5.41) is 8.98. The highest BCUT2D eigenvalue weighted by molar-refractivity contribution is 5.39. The summed E-state index contributed by atoms with van der Waals surface area (Å²) in [6, 6.07) is 8.86. The van der Waals surface area contributed by atoms with Gasteiger partial charge in [0.25, 0.3) is 0 Å². The number of rotatable bonds is 6. The highest BCUT2D eigenvalue weighted by atomic mass is 16.5. The van der Waals surface area contributed by atoms with Crippen molar-refractivity contribution in [1.82, 2.24) is 4.90 Å². The van der Waals surface area contributed by atoms with Crippen molar-refractivity contribution in [3.63, 3.8) is 0 Å². The Morgan fingerprint density at radius 1 is 1.47 bits per heavy atom. The molecule has 0 N–H and O–H groups in total. The van der Waals surface area contributed by atoms with Crippen molar-refractivity contribution < 1.29 is 4.74 Å². The topological polar surface area (TPSA) is 36.3 Å². The quantitative estimate of drug-likeness (QED) is 0.787. The minimum absolute atomic E-state index is 0.151. The van der Waals surface area contributed by atoms with Crippen LogP contribution in [0.5, 0.6) is 5.75 Å². The molecule has 3 nitrogen and oxygen atoms in total. The van der Waals surface area contributed by atoms with Crippen molar-refractivity contribution in [2.24, 2.45) is 5.92 Å². The van der Waals surface area contributed by atoms with Crippen LogP contribution in [0.3, 0.4) is 0 Å². The molecular formula is C16H22N2O. The number of nitriles is 1. The zero-order valence-corrected chi connectivity index (χ0v) is 11.9. The van der Waals surface area contributed by atoms with E-state index in [1.54, 1.807) is 0 Å². The van der Waals surface area contributed by atoms with E-state index in [2.05, 4.69) is 43.1 Å². The first kappa shape index (κ1) is 13.9. The second-order valence-electron chi connectivity index (χ2n) is 5.29. The van der Waals surface area contributed by atoms with Crippen molar-refractivity contribution in [3.8, 4) is 11.8 Å². The van der Waals surface area contributed by atoms with Crippen LogP contribution in [0.4, 0.5) is 0 Å². The van der Waals surface area contributed by atoms with E-state index in [4.69, 9.17) is 10.00 Å². The van der Waals surface area contributed by atoms with Gasteiger partial charge >= 0.3 is 0 Å². The Kier molecular flexibility index (Phi) is 4.81. The standard InChI is InChI=1S/C16H22N2O/c1-3-13(11-17)12-18(2)8-6-14-4-5-16-15(10-14)7-9-19-16/h4-5,10,13H,3,6-9,12H2,1-2H3. The third-order valence-corrected chi connectivity index (χ3v) is 3.74. The van der Waals surface area contributed by atoms with Crippen molar-refractivity contribution in [3.05, 3.63) is 29.3 Å². The molecule has 0 fully saturated rings. The zero-order valence-electron chi connectivity index (χ0n) is 11.9. The largest absolute Gasteiger partial charge is 0.493 e. The molecular weight excluding hydrogens is 236 g/mol. The van der Waals surface area contributed by atoms with E-state index >= 15 is 0 Å². The van der Waals surface area contributed by atoms with Gasteiger partial charge in [-0.05, 0) is 37.1 Å². The molecule has 2 rings (SSSR count). The van der Waals surface area contributed by atoms with Gasteiger partial charge in [0.05, 0.1) is 18.6 Å². The molecule has 0 amide bonds. The van der Waals surface area contributed by atoms with Gasteiger partial charge in [-0.25, -0.2) is 0 Å². The van der Waals surface area contributed by atoms with E-state index in [-0.39, 0.29) is 5.92 Å². The van der Waals surface area contributed by atoms with Gasteiger partial charge in [-0.2, -0.15) is 5.26 Å². The molecule has 3 heteroatoms. The Balaban J connectivity index is 1.84. The summed E-state index contributed by atoms with van der Waals surface area (Å²) < 4.78 is 5.51. The highest BCUT2D eigenvalue weighted by Crippen LogP contribution is 2.26. The van der Waals surface area contributed by atoms with E-state index in [0.717, 1.165) is 44.7 Å². The van der Waals surface area contributed by atoms with Crippen LogP contribution < -0.4 is 4.74 Å². The van der Waals surface area contributed by atoms with Crippen LogP contribution in [-0.4, -0.2) is 31.6 Å². The Bertz CT molecular complexity index is 464. The van der Waals surface area contributed by atoms with Gasteiger partial charge < -0.3 is 9.64 Å². The van der Waals surface area contributed by atoms with E-state index in [1.165, 1.54) is 11.1 Å². The van der Waals surface area contributed by atoms with E-state index in [0.29, 0.717) is 0 Å². The number of nitrogens with zero attached hydrogens (tertiary/aromatic N) is 2. The summed E-state index contributed by atoms with van der Waals surface area (Å²) in [4.78, 5) is 2.25. The van der Waals surface area contributed by atoms with Crippen LogP contribution in [0.2, 0.25) is 0 Å². The molecule has 0 spiro atoms. The van der Waals surface area contributed by atoms with Gasteiger partial charge in [0.15, 0.2) is 0 Å². The molecule has 0 saturated heterocycles. The summed E-state index contributed by atoms with van der Waals surface area (Å²) in [5.74, 6) is 1.20. The molecule has 1 atom stereocenters. The van der Waals surface area contributed by atoms with E-state index in [9.17, 15) is 0 Å². The molecule has 1 aromatic carbocycles. The van der Waals surface area contributed by atoms with Crippen molar-refractivity contribution in [2.75, 3.05) is 26.7 Å². The normalized spacial score (nSPS) is 14.8. The number of likely N-dealkylation sites (N-methyl/N-ethyl adjacent to an activating group) is 1. The second kappa shape index (κ2) is 6.58. The molecule has 1 aromatic rings. The van der Waals surface area contributed by atoms with Gasteiger partial charge in [-0.3, -0.25) is 0 Å². The molecule has 1 heterocycles. The lowest BCUT2D eigenvalue weighted by Crippen LogP contribution is -2.27. The van der Waals surface area contributed by atoms with Gasteiger partial charge in [0, 0.05) is 19.5 Å². The lowest BCUT2D eigenvalue weighted by atomic mass is 10.1. The zero-order chi connectivity index (χ0) is 13.7. The summed E-state index contributed by atoms with van der Waals surface area (Å²) in [7, 11) is 2.09. The number of hydrogen-bond donors (Lipinski definition) is 0. The molecule has 1 aliphatic rings. The molecule has 0 bridgehead atoms. The number of ether oxygens (including phenoxy) is 1. The Morgan fingerprint density at radius 2 is 2.32 bits per heavy atom. The second-order valence-corrected chi connectivity index (χ2v) is 5.29. The molecule has 0 aromatic heterocycles. The van der Waals surface area contributed by atoms with Crippen LogP contribution in [0.25, 0.3) is 0 Å². The fraction of sp³-hybridized carbons (Fsp3) is 0.562.